The Bertz CT molecular complexity index is 322. The van der Waals surface area contributed by atoms with Crippen LogP contribution in [0.5, 0.6) is 0 Å². The van der Waals surface area contributed by atoms with Crippen molar-refractivity contribution in [2.75, 3.05) is 12.3 Å². The van der Waals surface area contributed by atoms with Crippen LogP contribution in [0.25, 0.3) is 0 Å². The first-order chi connectivity index (χ1) is 7.74. The summed E-state index contributed by atoms with van der Waals surface area (Å²) in [4.78, 5) is 15.5. The molecule has 0 saturated heterocycles. The van der Waals surface area contributed by atoms with Crippen LogP contribution in [0, 0.1) is 0 Å². The van der Waals surface area contributed by atoms with E-state index >= 15 is 0 Å². The number of nitrogen functional groups attached to an aromatic ring is 1. The molecule has 0 saturated carbocycles. The standard InChI is InChI=1S/C12H19N3O/c1-2-3-4-5-8-14-12(16)11-7-6-10(13)9-15-11/h6-7,9H,2-5,8,13H2,1H3,(H,14,16). The Kier molecular flexibility index (Phi) is 5.32. The van der Waals surface area contributed by atoms with Crippen molar-refractivity contribution in [3.8, 4) is 0 Å². The fraction of sp³-hybridized carbons (Fsp3) is 0.500. The first kappa shape index (κ1) is 12.5. The molecule has 1 heterocycles. The van der Waals surface area contributed by atoms with Crippen LogP contribution in [0.4, 0.5) is 5.69 Å². The minimum Gasteiger partial charge on any atom is -0.397 e. The normalized spacial score (nSPS) is 10.1. The average molecular weight is 221 g/mol. The van der Waals surface area contributed by atoms with Crippen molar-refractivity contribution in [2.45, 2.75) is 32.6 Å². The molecule has 1 rings (SSSR count). The van der Waals surface area contributed by atoms with E-state index in [1.54, 1.807) is 12.1 Å². The lowest BCUT2D eigenvalue weighted by atomic mass is 10.2. The molecule has 0 aliphatic heterocycles. The molecular weight excluding hydrogens is 202 g/mol. The summed E-state index contributed by atoms with van der Waals surface area (Å²) in [5.41, 5.74) is 6.48. The van der Waals surface area contributed by atoms with E-state index in [4.69, 9.17) is 5.73 Å². The third-order valence-electron chi connectivity index (χ3n) is 2.33. The predicted molar refractivity (Wildman–Crippen MR) is 65.1 cm³/mol. The average Bonchev–Trinajstić information content (AvgIpc) is 2.29. The molecule has 0 radical (unpaired) electrons. The van der Waals surface area contributed by atoms with Gasteiger partial charge in [-0.15, -0.1) is 0 Å². The molecule has 4 nitrogen and oxygen atoms in total. The third kappa shape index (κ3) is 4.29. The maximum Gasteiger partial charge on any atom is 0.269 e. The number of unbranched alkanes of at least 4 members (excludes halogenated alkanes) is 3. The molecule has 1 aromatic rings. The molecular formula is C12H19N3O. The Morgan fingerprint density at radius 1 is 1.38 bits per heavy atom. The highest BCUT2D eigenvalue weighted by Gasteiger charge is 2.04. The summed E-state index contributed by atoms with van der Waals surface area (Å²) in [6.07, 6.45) is 6.09. The Labute approximate surface area is 96.3 Å². The maximum absolute atomic E-state index is 11.6. The van der Waals surface area contributed by atoms with Crippen molar-refractivity contribution in [3.05, 3.63) is 24.0 Å². The first-order valence-electron chi connectivity index (χ1n) is 5.73. The summed E-state index contributed by atoms with van der Waals surface area (Å²) in [5, 5.41) is 2.84. The number of hydrogen-bond acceptors (Lipinski definition) is 3. The van der Waals surface area contributed by atoms with E-state index in [1.807, 2.05) is 0 Å². The highest BCUT2D eigenvalue weighted by molar-refractivity contribution is 5.92. The van der Waals surface area contributed by atoms with E-state index in [2.05, 4.69) is 17.2 Å². The fourth-order valence-electron chi connectivity index (χ4n) is 1.38. The molecule has 0 aliphatic carbocycles. The van der Waals surface area contributed by atoms with Gasteiger partial charge in [-0.1, -0.05) is 26.2 Å². The van der Waals surface area contributed by atoms with Gasteiger partial charge in [0.1, 0.15) is 5.69 Å². The summed E-state index contributed by atoms with van der Waals surface area (Å²) in [7, 11) is 0. The number of pyridine rings is 1. The molecule has 1 aromatic heterocycles. The van der Waals surface area contributed by atoms with Crippen LogP contribution in [-0.4, -0.2) is 17.4 Å². The number of carbonyl (C=O) groups is 1. The Morgan fingerprint density at radius 3 is 2.81 bits per heavy atom. The number of aromatic nitrogens is 1. The van der Waals surface area contributed by atoms with E-state index < -0.39 is 0 Å². The molecule has 0 aliphatic rings. The number of rotatable bonds is 6. The molecule has 0 atom stereocenters. The minimum atomic E-state index is -0.128. The van der Waals surface area contributed by atoms with Gasteiger partial charge in [0.15, 0.2) is 0 Å². The van der Waals surface area contributed by atoms with Crippen LogP contribution in [0.1, 0.15) is 43.1 Å². The van der Waals surface area contributed by atoms with Crippen LogP contribution in [-0.2, 0) is 0 Å². The van der Waals surface area contributed by atoms with Crippen molar-refractivity contribution in [1.29, 1.82) is 0 Å². The first-order valence-corrected chi connectivity index (χ1v) is 5.73. The van der Waals surface area contributed by atoms with Gasteiger partial charge < -0.3 is 11.1 Å². The smallest absolute Gasteiger partial charge is 0.269 e. The lowest BCUT2D eigenvalue weighted by Crippen LogP contribution is -2.25. The highest BCUT2D eigenvalue weighted by Crippen LogP contribution is 2.01. The summed E-state index contributed by atoms with van der Waals surface area (Å²) >= 11 is 0. The number of nitrogens with one attached hydrogen (secondary N) is 1. The number of anilines is 1. The van der Waals surface area contributed by atoms with Gasteiger partial charge in [0.25, 0.3) is 5.91 Å². The number of nitrogens with two attached hydrogens (primary N) is 1. The van der Waals surface area contributed by atoms with Gasteiger partial charge >= 0.3 is 0 Å². The zero-order chi connectivity index (χ0) is 11.8. The van der Waals surface area contributed by atoms with Crippen molar-refractivity contribution < 1.29 is 4.79 Å². The predicted octanol–water partition coefficient (Wildman–Crippen LogP) is 1.97. The van der Waals surface area contributed by atoms with E-state index in [9.17, 15) is 4.79 Å². The molecule has 0 unspecified atom stereocenters. The summed E-state index contributed by atoms with van der Waals surface area (Å²) in [6, 6.07) is 3.32. The number of nitrogens with zero attached hydrogens (tertiary/aromatic N) is 1. The number of carbonyl (C=O) groups excluding carboxylic acids is 1. The maximum atomic E-state index is 11.6. The highest BCUT2D eigenvalue weighted by atomic mass is 16.1. The second-order valence-electron chi connectivity index (χ2n) is 3.79. The second-order valence-corrected chi connectivity index (χ2v) is 3.79. The molecule has 16 heavy (non-hydrogen) atoms. The van der Waals surface area contributed by atoms with Crippen LogP contribution >= 0.6 is 0 Å². The van der Waals surface area contributed by atoms with Gasteiger partial charge in [-0.3, -0.25) is 4.79 Å². The molecule has 0 fully saturated rings. The van der Waals surface area contributed by atoms with E-state index in [1.165, 1.54) is 19.0 Å². The van der Waals surface area contributed by atoms with Crippen LogP contribution in [0.15, 0.2) is 18.3 Å². The number of hydrogen-bond donors (Lipinski definition) is 2. The summed E-state index contributed by atoms with van der Waals surface area (Å²) in [5.74, 6) is -0.128. The Morgan fingerprint density at radius 2 is 2.19 bits per heavy atom. The molecule has 88 valence electrons. The zero-order valence-corrected chi connectivity index (χ0v) is 9.70. The summed E-state index contributed by atoms with van der Waals surface area (Å²) in [6.45, 7) is 2.88. The second kappa shape index (κ2) is 6.82. The SMILES string of the molecule is CCCCCCNC(=O)c1ccc(N)cn1. The lowest BCUT2D eigenvalue weighted by Gasteiger charge is -2.04. The Hall–Kier alpha value is -1.58. The lowest BCUT2D eigenvalue weighted by molar-refractivity contribution is 0.0948. The van der Waals surface area contributed by atoms with Gasteiger partial charge in [0, 0.05) is 6.54 Å². The van der Waals surface area contributed by atoms with Crippen molar-refractivity contribution in [2.24, 2.45) is 0 Å². The van der Waals surface area contributed by atoms with E-state index in [0.29, 0.717) is 17.9 Å². The molecule has 1 amide bonds. The molecule has 4 heteroatoms. The molecule has 3 N–H and O–H groups in total. The third-order valence-corrected chi connectivity index (χ3v) is 2.33. The molecule has 0 bridgehead atoms. The van der Waals surface area contributed by atoms with Gasteiger partial charge in [0.05, 0.1) is 11.9 Å². The molecule has 0 spiro atoms. The van der Waals surface area contributed by atoms with Gasteiger partial charge in [-0.05, 0) is 18.6 Å². The van der Waals surface area contributed by atoms with Crippen LogP contribution < -0.4 is 11.1 Å². The quantitative estimate of drug-likeness (QED) is 0.722. The van der Waals surface area contributed by atoms with Gasteiger partial charge in [0.2, 0.25) is 0 Å². The van der Waals surface area contributed by atoms with Crippen molar-refractivity contribution in [1.82, 2.24) is 10.3 Å². The van der Waals surface area contributed by atoms with Crippen molar-refractivity contribution in [3.63, 3.8) is 0 Å². The van der Waals surface area contributed by atoms with E-state index in [0.717, 1.165) is 12.8 Å². The van der Waals surface area contributed by atoms with Crippen LogP contribution in [0.3, 0.4) is 0 Å². The van der Waals surface area contributed by atoms with Gasteiger partial charge in [-0.25, -0.2) is 4.98 Å². The number of amides is 1. The minimum absolute atomic E-state index is 0.128. The molecule has 0 aromatic carbocycles. The Balaban J connectivity index is 2.27. The topological polar surface area (TPSA) is 68.0 Å². The van der Waals surface area contributed by atoms with Gasteiger partial charge in [-0.2, -0.15) is 0 Å². The summed E-state index contributed by atoms with van der Waals surface area (Å²) < 4.78 is 0. The fourth-order valence-corrected chi connectivity index (χ4v) is 1.38. The van der Waals surface area contributed by atoms with Crippen LogP contribution in [0.2, 0.25) is 0 Å². The zero-order valence-electron chi connectivity index (χ0n) is 9.70. The van der Waals surface area contributed by atoms with E-state index in [-0.39, 0.29) is 5.91 Å². The monoisotopic (exact) mass is 221 g/mol. The largest absolute Gasteiger partial charge is 0.397 e. The van der Waals surface area contributed by atoms with Crippen molar-refractivity contribution >= 4 is 11.6 Å².